The summed E-state index contributed by atoms with van der Waals surface area (Å²) >= 11 is 0. The van der Waals surface area contributed by atoms with E-state index in [9.17, 15) is 0 Å². The number of hydrogen-bond acceptors (Lipinski definition) is 6. The third-order valence-corrected chi connectivity index (χ3v) is 4.79. The van der Waals surface area contributed by atoms with Crippen LogP contribution in [-0.2, 0) is 7.05 Å². The monoisotopic (exact) mass is 338 g/mol. The summed E-state index contributed by atoms with van der Waals surface area (Å²) in [6, 6.07) is 8.22. The number of aryl methyl sites for hydroxylation is 1. The van der Waals surface area contributed by atoms with Crippen molar-refractivity contribution in [2.45, 2.75) is 31.7 Å². The molecule has 0 atom stereocenters. The Morgan fingerprint density at radius 2 is 1.88 bits per heavy atom. The lowest BCUT2D eigenvalue weighted by atomic mass is 10.1. The molecule has 0 spiro atoms. The summed E-state index contributed by atoms with van der Waals surface area (Å²) in [5.41, 5.74) is 8.58. The zero-order valence-electron chi connectivity index (χ0n) is 14.5. The highest BCUT2D eigenvalue weighted by atomic mass is 16.5. The highest BCUT2D eigenvalue weighted by molar-refractivity contribution is 5.98. The fourth-order valence-electron chi connectivity index (χ4n) is 3.39. The normalized spacial score (nSPS) is 15.0. The van der Waals surface area contributed by atoms with Crippen molar-refractivity contribution in [3.63, 3.8) is 0 Å². The van der Waals surface area contributed by atoms with Crippen molar-refractivity contribution >= 4 is 22.8 Å². The maximum absolute atomic E-state index is 6.22. The summed E-state index contributed by atoms with van der Waals surface area (Å²) < 4.78 is 6.89. The average Bonchev–Trinajstić information content (AvgIpc) is 3.23. The van der Waals surface area contributed by atoms with Gasteiger partial charge in [-0.05, 0) is 37.1 Å². The molecule has 7 heteroatoms. The summed E-state index contributed by atoms with van der Waals surface area (Å²) in [4.78, 5) is 9.35. The number of hydrogen-bond donors (Lipinski definition) is 2. The van der Waals surface area contributed by atoms with Crippen molar-refractivity contribution in [1.29, 1.82) is 0 Å². The van der Waals surface area contributed by atoms with Crippen LogP contribution in [-0.4, -0.2) is 32.9 Å². The summed E-state index contributed by atoms with van der Waals surface area (Å²) in [5, 5.41) is 8.68. The van der Waals surface area contributed by atoms with E-state index in [4.69, 9.17) is 15.5 Å². The van der Waals surface area contributed by atoms with Crippen molar-refractivity contribution in [2.24, 2.45) is 7.05 Å². The molecule has 3 N–H and O–H groups in total. The Bertz CT molecular complexity index is 896. The molecule has 1 aliphatic rings. The van der Waals surface area contributed by atoms with Gasteiger partial charge in [-0.25, -0.2) is 4.98 Å². The summed E-state index contributed by atoms with van der Waals surface area (Å²) in [7, 11) is 3.47. The van der Waals surface area contributed by atoms with Gasteiger partial charge in [-0.2, -0.15) is 10.1 Å². The highest BCUT2D eigenvalue weighted by Crippen LogP contribution is 2.32. The minimum atomic E-state index is 0.433. The van der Waals surface area contributed by atoms with E-state index in [1.165, 1.54) is 12.8 Å². The van der Waals surface area contributed by atoms with E-state index in [1.54, 1.807) is 11.8 Å². The van der Waals surface area contributed by atoms with Crippen molar-refractivity contribution in [2.75, 3.05) is 18.2 Å². The molecule has 2 heterocycles. The first-order valence-corrected chi connectivity index (χ1v) is 8.57. The van der Waals surface area contributed by atoms with Crippen LogP contribution >= 0.6 is 0 Å². The average molecular weight is 338 g/mol. The number of nitrogen functional groups attached to an aromatic ring is 1. The SMILES string of the molecule is COc1ccc(-c2nc(NC3CCCC3)nc3nn(C)c(N)c23)cc1. The first-order chi connectivity index (χ1) is 12.2. The third kappa shape index (κ3) is 2.86. The van der Waals surface area contributed by atoms with Crippen molar-refractivity contribution in [3.05, 3.63) is 24.3 Å². The number of fused-ring (bicyclic) bond motifs is 1. The Morgan fingerprint density at radius 1 is 1.16 bits per heavy atom. The molecule has 0 unspecified atom stereocenters. The van der Waals surface area contributed by atoms with E-state index in [2.05, 4.69) is 15.4 Å². The zero-order chi connectivity index (χ0) is 17.4. The second-order valence-corrected chi connectivity index (χ2v) is 6.46. The molecule has 130 valence electrons. The Morgan fingerprint density at radius 3 is 2.56 bits per heavy atom. The van der Waals surface area contributed by atoms with Gasteiger partial charge in [0.1, 0.15) is 11.6 Å². The van der Waals surface area contributed by atoms with E-state index in [0.29, 0.717) is 23.5 Å². The fourth-order valence-corrected chi connectivity index (χ4v) is 3.39. The van der Waals surface area contributed by atoms with Crippen LogP contribution in [0.5, 0.6) is 5.75 Å². The van der Waals surface area contributed by atoms with Crippen molar-refractivity contribution in [1.82, 2.24) is 19.7 Å². The minimum Gasteiger partial charge on any atom is -0.497 e. The van der Waals surface area contributed by atoms with E-state index in [1.807, 2.05) is 31.3 Å². The predicted octanol–water partition coefficient (Wildman–Crippen LogP) is 2.98. The van der Waals surface area contributed by atoms with Gasteiger partial charge >= 0.3 is 0 Å². The molecule has 1 fully saturated rings. The lowest BCUT2D eigenvalue weighted by molar-refractivity contribution is 0.415. The van der Waals surface area contributed by atoms with Gasteiger partial charge < -0.3 is 15.8 Å². The molecular weight excluding hydrogens is 316 g/mol. The van der Waals surface area contributed by atoms with Crippen LogP contribution in [0, 0.1) is 0 Å². The van der Waals surface area contributed by atoms with Crippen LogP contribution in [0.15, 0.2) is 24.3 Å². The molecule has 1 aromatic carbocycles. The fraction of sp³-hybridized carbons (Fsp3) is 0.389. The second-order valence-electron chi connectivity index (χ2n) is 6.46. The molecule has 1 aliphatic carbocycles. The molecule has 7 nitrogen and oxygen atoms in total. The maximum Gasteiger partial charge on any atom is 0.225 e. The van der Waals surface area contributed by atoms with Gasteiger partial charge in [0.15, 0.2) is 5.65 Å². The summed E-state index contributed by atoms with van der Waals surface area (Å²) in [5.74, 6) is 1.98. The molecule has 25 heavy (non-hydrogen) atoms. The van der Waals surface area contributed by atoms with Crippen LogP contribution in [0.1, 0.15) is 25.7 Å². The minimum absolute atomic E-state index is 0.433. The first-order valence-electron chi connectivity index (χ1n) is 8.57. The number of ether oxygens (including phenoxy) is 1. The molecule has 0 saturated heterocycles. The number of aromatic nitrogens is 4. The Labute approximate surface area is 146 Å². The Kier molecular flexibility index (Phi) is 3.91. The molecule has 3 aromatic rings. The standard InChI is InChI=1S/C18H22N6O/c1-24-16(19)14-15(11-7-9-13(25-2)10-8-11)21-18(22-17(14)23-24)20-12-5-3-4-6-12/h7-10,12H,3-6,19H2,1-2H3,(H,20,22,23). The third-order valence-electron chi connectivity index (χ3n) is 4.79. The number of methoxy groups -OCH3 is 1. The predicted molar refractivity (Wildman–Crippen MR) is 98.6 cm³/mol. The molecule has 1 saturated carbocycles. The summed E-state index contributed by atoms with van der Waals surface area (Å²) in [6.07, 6.45) is 4.82. The number of nitrogens with one attached hydrogen (secondary N) is 1. The van der Waals surface area contributed by atoms with Crippen LogP contribution in [0.3, 0.4) is 0 Å². The lowest BCUT2D eigenvalue weighted by Gasteiger charge is -2.13. The zero-order valence-corrected chi connectivity index (χ0v) is 14.5. The van der Waals surface area contributed by atoms with Gasteiger partial charge in [-0.3, -0.25) is 4.68 Å². The van der Waals surface area contributed by atoms with Gasteiger partial charge in [0.25, 0.3) is 0 Å². The van der Waals surface area contributed by atoms with E-state index < -0.39 is 0 Å². The van der Waals surface area contributed by atoms with Crippen LogP contribution < -0.4 is 15.8 Å². The van der Waals surface area contributed by atoms with Crippen LogP contribution in [0.4, 0.5) is 11.8 Å². The van der Waals surface area contributed by atoms with Crippen molar-refractivity contribution < 1.29 is 4.74 Å². The van der Waals surface area contributed by atoms with E-state index in [0.717, 1.165) is 35.2 Å². The number of rotatable bonds is 4. The quantitative estimate of drug-likeness (QED) is 0.760. The maximum atomic E-state index is 6.22. The molecule has 2 aromatic heterocycles. The van der Waals surface area contributed by atoms with Crippen LogP contribution in [0.2, 0.25) is 0 Å². The van der Waals surface area contributed by atoms with Gasteiger partial charge in [0, 0.05) is 18.7 Å². The molecule has 4 rings (SSSR count). The first kappa shape index (κ1) is 15.7. The molecule has 0 bridgehead atoms. The summed E-state index contributed by atoms with van der Waals surface area (Å²) in [6.45, 7) is 0. The molecule has 0 radical (unpaired) electrons. The highest BCUT2D eigenvalue weighted by Gasteiger charge is 2.20. The topological polar surface area (TPSA) is 90.9 Å². The second kappa shape index (κ2) is 6.23. The van der Waals surface area contributed by atoms with Gasteiger partial charge in [-0.15, -0.1) is 0 Å². The number of anilines is 2. The largest absolute Gasteiger partial charge is 0.497 e. The number of benzene rings is 1. The van der Waals surface area contributed by atoms with E-state index >= 15 is 0 Å². The smallest absolute Gasteiger partial charge is 0.225 e. The number of nitrogens with zero attached hydrogens (tertiary/aromatic N) is 4. The number of nitrogens with two attached hydrogens (primary N) is 1. The van der Waals surface area contributed by atoms with Gasteiger partial charge in [-0.1, -0.05) is 12.8 Å². The van der Waals surface area contributed by atoms with Crippen LogP contribution in [0.25, 0.3) is 22.3 Å². The Balaban J connectivity index is 1.83. The van der Waals surface area contributed by atoms with Gasteiger partial charge in [0.2, 0.25) is 5.95 Å². The molecule has 0 aliphatic heterocycles. The van der Waals surface area contributed by atoms with Crippen molar-refractivity contribution in [3.8, 4) is 17.0 Å². The Hall–Kier alpha value is -2.83. The molecule has 0 amide bonds. The van der Waals surface area contributed by atoms with E-state index in [-0.39, 0.29) is 0 Å². The lowest BCUT2D eigenvalue weighted by Crippen LogP contribution is -2.17. The molecular formula is C18H22N6O. The van der Waals surface area contributed by atoms with Gasteiger partial charge in [0.05, 0.1) is 18.2 Å².